The lowest BCUT2D eigenvalue weighted by Crippen LogP contribution is -2.49. The minimum absolute atomic E-state index is 0.101. The predicted molar refractivity (Wildman–Crippen MR) is 85.9 cm³/mol. The van der Waals surface area contributed by atoms with Crippen LogP contribution in [0.15, 0.2) is 36.5 Å². The number of carbonyl (C=O) groups is 1. The van der Waals surface area contributed by atoms with Crippen LogP contribution in [0.1, 0.15) is 26.3 Å². The lowest BCUT2D eigenvalue weighted by Gasteiger charge is -2.25. The SMILES string of the molecule is CC(C)(C)C(N)C(=O)NCCc1cccc2cccnc12. The first-order valence-electron chi connectivity index (χ1n) is 7.25. The highest BCUT2D eigenvalue weighted by Crippen LogP contribution is 2.18. The Hall–Kier alpha value is -1.94. The Labute approximate surface area is 125 Å². The average Bonchev–Trinajstić information content (AvgIpc) is 2.45. The van der Waals surface area contributed by atoms with E-state index in [0.717, 1.165) is 22.9 Å². The van der Waals surface area contributed by atoms with Crippen molar-refractivity contribution in [3.05, 3.63) is 42.1 Å². The third-order valence-electron chi connectivity index (χ3n) is 3.63. The summed E-state index contributed by atoms with van der Waals surface area (Å²) in [5.74, 6) is -0.101. The topological polar surface area (TPSA) is 68.0 Å². The second-order valence-corrected chi connectivity index (χ2v) is 6.38. The molecule has 112 valence electrons. The molecule has 0 radical (unpaired) electrons. The Morgan fingerprint density at radius 2 is 2.00 bits per heavy atom. The Morgan fingerprint density at radius 1 is 1.29 bits per heavy atom. The molecule has 1 unspecified atom stereocenters. The molecule has 2 rings (SSSR count). The standard InChI is InChI=1S/C17H23N3O/c1-17(2,3)15(18)16(21)20-11-9-13-7-4-6-12-8-5-10-19-14(12)13/h4-8,10,15H,9,11,18H2,1-3H3,(H,20,21). The van der Waals surface area contributed by atoms with Crippen molar-refractivity contribution >= 4 is 16.8 Å². The zero-order valence-corrected chi connectivity index (χ0v) is 12.9. The fourth-order valence-corrected chi connectivity index (χ4v) is 2.19. The van der Waals surface area contributed by atoms with Crippen LogP contribution in [0.3, 0.4) is 0 Å². The van der Waals surface area contributed by atoms with Crippen LogP contribution in [0, 0.1) is 5.41 Å². The van der Waals surface area contributed by atoms with Crippen LogP contribution in [0.25, 0.3) is 10.9 Å². The minimum Gasteiger partial charge on any atom is -0.354 e. The Kier molecular flexibility index (Phi) is 4.58. The number of rotatable bonds is 4. The van der Waals surface area contributed by atoms with Gasteiger partial charge in [-0.2, -0.15) is 0 Å². The van der Waals surface area contributed by atoms with E-state index in [9.17, 15) is 4.79 Å². The van der Waals surface area contributed by atoms with E-state index in [-0.39, 0.29) is 11.3 Å². The van der Waals surface area contributed by atoms with E-state index in [1.807, 2.05) is 51.1 Å². The van der Waals surface area contributed by atoms with Gasteiger partial charge < -0.3 is 11.1 Å². The summed E-state index contributed by atoms with van der Waals surface area (Å²) in [7, 11) is 0. The van der Waals surface area contributed by atoms with Gasteiger partial charge in [0, 0.05) is 18.1 Å². The number of amides is 1. The zero-order valence-electron chi connectivity index (χ0n) is 12.9. The predicted octanol–water partition coefficient (Wildman–Crippen LogP) is 2.27. The van der Waals surface area contributed by atoms with Crippen molar-refractivity contribution in [3.8, 4) is 0 Å². The number of nitrogens with one attached hydrogen (secondary N) is 1. The Balaban J connectivity index is 1.98. The van der Waals surface area contributed by atoms with Crippen LogP contribution in [-0.4, -0.2) is 23.5 Å². The number of nitrogens with two attached hydrogens (primary N) is 1. The number of fused-ring (bicyclic) bond motifs is 1. The zero-order chi connectivity index (χ0) is 15.5. The first-order valence-corrected chi connectivity index (χ1v) is 7.25. The molecule has 0 aliphatic carbocycles. The van der Waals surface area contributed by atoms with Gasteiger partial charge in [0.2, 0.25) is 5.91 Å². The number of hydrogen-bond donors (Lipinski definition) is 2. The van der Waals surface area contributed by atoms with E-state index in [1.54, 1.807) is 6.20 Å². The number of nitrogens with zero attached hydrogens (tertiary/aromatic N) is 1. The van der Waals surface area contributed by atoms with Crippen molar-refractivity contribution in [2.75, 3.05) is 6.54 Å². The maximum Gasteiger partial charge on any atom is 0.237 e. The van der Waals surface area contributed by atoms with Crippen molar-refractivity contribution in [2.24, 2.45) is 11.1 Å². The van der Waals surface area contributed by atoms with Gasteiger partial charge >= 0.3 is 0 Å². The molecule has 0 spiro atoms. The second-order valence-electron chi connectivity index (χ2n) is 6.38. The van der Waals surface area contributed by atoms with Gasteiger partial charge in [-0.1, -0.05) is 45.0 Å². The van der Waals surface area contributed by atoms with Gasteiger partial charge in [0.05, 0.1) is 11.6 Å². The van der Waals surface area contributed by atoms with Gasteiger partial charge in [0.25, 0.3) is 0 Å². The van der Waals surface area contributed by atoms with Gasteiger partial charge in [-0.3, -0.25) is 9.78 Å². The largest absolute Gasteiger partial charge is 0.354 e. The van der Waals surface area contributed by atoms with Crippen LogP contribution in [0.2, 0.25) is 0 Å². The summed E-state index contributed by atoms with van der Waals surface area (Å²) < 4.78 is 0. The molecule has 3 N–H and O–H groups in total. The molecule has 4 nitrogen and oxygen atoms in total. The molecular weight excluding hydrogens is 262 g/mol. The van der Waals surface area contributed by atoms with Crippen molar-refractivity contribution in [3.63, 3.8) is 0 Å². The summed E-state index contributed by atoms with van der Waals surface area (Å²) in [6.07, 6.45) is 2.54. The van der Waals surface area contributed by atoms with Gasteiger partial charge in [0.1, 0.15) is 0 Å². The summed E-state index contributed by atoms with van der Waals surface area (Å²) in [6.45, 7) is 6.46. The van der Waals surface area contributed by atoms with Crippen molar-refractivity contribution in [1.29, 1.82) is 0 Å². The van der Waals surface area contributed by atoms with Crippen LogP contribution in [0.5, 0.6) is 0 Å². The molecule has 21 heavy (non-hydrogen) atoms. The van der Waals surface area contributed by atoms with Crippen molar-refractivity contribution in [1.82, 2.24) is 10.3 Å². The van der Waals surface area contributed by atoms with Crippen LogP contribution in [-0.2, 0) is 11.2 Å². The molecule has 0 saturated carbocycles. The molecule has 1 atom stereocenters. The summed E-state index contributed by atoms with van der Waals surface area (Å²) in [4.78, 5) is 16.4. The lowest BCUT2D eigenvalue weighted by molar-refractivity contribution is -0.124. The van der Waals surface area contributed by atoms with Crippen LogP contribution < -0.4 is 11.1 Å². The fraction of sp³-hybridized carbons (Fsp3) is 0.412. The number of carbonyl (C=O) groups excluding carboxylic acids is 1. The third-order valence-corrected chi connectivity index (χ3v) is 3.63. The second kappa shape index (κ2) is 6.22. The molecule has 1 heterocycles. The molecule has 0 bridgehead atoms. The molecule has 1 amide bonds. The molecule has 1 aromatic carbocycles. The van der Waals surface area contributed by atoms with Crippen LogP contribution in [0.4, 0.5) is 0 Å². The summed E-state index contributed by atoms with van der Waals surface area (Å²) in [5, 5.41) is 4.03. The maximum absolute atomic E-state index is 12.0. The Morgan fingerprint density at radius 3 is 2.71 bits per heavy atom. The van der Waals surface area contributed by atoms with E-state index in [0.29, 0.717) is 6.54 Å². The van der Waals surface area contributed by atoms with E-state index in [4.69, 9.17) is 5.73 Å². The van der Waals surface area contributed by atoms with Gasteiger partial charge in [-0.15, -0.1) is 0 Å². The van der Waals surface area contributed by atoms with E-state index >= 15 is 0 Å². The maximum atomic E-state index is 12.0. The molecule has 0 fully saturated rings. The number of para-hydroxylation sites is 1. The van der Waals surface area contributed by atoms with Crippen molar-refractivity contribution < 1.29 is 4.79 Å². The summed E-state index contributed by atoms with van der Waals surface area (Å²) in [6, 6.07) is 9.58. The third kappa shape index (κ3) is 3.79. The monoisotopic (exact) mass is 285 g/mol. The Bertz CT molecular complexity index is 626. The quantitative estimate of drug-likeness (QED) is 0.905. The normalized spacial score (nSPS) is 13.1. The van der Waals surface area contributed by atoms with Gasteiger partial charge in [-0.25, -0.2) is 0 Å². The first kappa shape index (κ1) is 15.4. The van der Waals surface area contributed by atoms with Crippen LogP contribution >= 0.6 is 0 Å². The molecule has 1 aromatic heterocycles. The van der Waals surface area contributed by atoms with E-state index in [2.05, 4.69) is 10.3 Å². The summed E-state index contributed by atoms with van der Waals surface area (Å²) in [5.41, 5.74) is 7.84. The number of aromatic nitrogens is 1. The highest BCUT2D eigenvalue weighted by Gasteiger charge is 2.26. The van der Waals surface area contributed by atoms with Gasteiger partial charge in [-0.05, 0) is 23.5 Å². The number of pyridine rings is 1. The lowest BCUT2D eigenvalue weighted by atomic mass is 9.87. The molecule has 0 saturated heterocycles. The molecule has 0 aliphatic heterocycles. The molecular formula is C17H23N3O. The minimum atomic E-state index is -0.497. The average molecular weight is 285 g/mol. The first-order chi connectivity index (χ1) is 9.89. The molecule has 2 aromatic rings. The number of benzene rings is 1. The molecule has 4 heteroatoms. The van der Waals surface area contributed by atoms with Crippen molar-refractivity contribution in [2.45, 2.75) is 33.2 Å². The summed E-state index contributed by atoms with van der Waals surface area (Å²) >= 11 is 0. The van der Waals surface area contributed by atoms with E-state index < -0.39 is 6.04 Å². The highest BCUT2D eigenvalue weighted by atomic mass is 16.2. The number of hydrogen-bond acceptors (Lipinski definition) is 3. The fourth-order valence-electron chi connectivity index (χ4n) is 2.19. The smallest absolute Gasteiger partial charge is 0.237 e. The van der Waals surface area contributed by atoms with Gasteiger partial charge in [0.15, 0.2) is 0 Å². The molecule has 0 aliphatic rings. The highest BCUT2D eigenvalue weighted by molar-refractivity contribution is 5.83. The van der Waals surface area contributed by atoms with E-state index in [1.165, 1.54) is 0 Å².